The van der Waals surface area contributed by atoms with E-state index in [2.05, 4.69) is 20.9 Å². The van der Waals surface area contributed by atoms with Crippen molar-refractivity contribution in [2.45, 2.75) is 18.7 Å². The Bertz CT molecular complexity index is 1790. The monoisotopic (exact) mass is 574 g/mol. The fraction of sp³-hybridized carbons (Fsp3) is 0.0882. The smallest absolute Gasteiger partial charge is 0.272 e. The third-order valence-electron chi connectivity index (χ3n) is 6.70. The summed E-state index contributed by atoms with van der Waals surface area (Å²) in [5, 5.41) is 9.53. The van der Waals surface area contributed by atoms with Crippen LogP contribution in [0.15, 0.2) is 114 Å². The number of nitrogens with one attached hydrogen (secondary N) is 4. The number of hydrogen-bond acceptors (Lipinski definition) is 4. The summed E-state index contributed by atoms with van der Waals surface area (Å²) in [4.78, 5) is 43.0. The first-order valence-electron chi connectivity index (χ1n) is 13.4. The third kappa shape index (κ3) is 7.16. The maximum atomic E-state index is 13.5. The number of anilines is 2. The maximum Gasteiger partial charge on any atom is 0.272 e. The van der Waals surface area contributed by atoms with Gasteiger partial charge in [0.25, 0.3) is 11.8 Å². The molecule has 3 amide bonds. The summed E-state index contributed by atoms with van der Waals surface area (Å²) >= 11 is 1.37. The fourth-order valence-corrected chi connectivity index (χ4v) is 5.09. The lowest BCUT2D eigenvalue weighted by Gasteiger charge is -2.12. The highest BCUT2D eigenvalue weighted by Gasteiger charge is 2.16. The number of aryl methyl sites for hydroxylation is 2. The first kappa shape index (κ1) is 28.4. The van der Waals surface area contributed by atoms with Crippen LogP contribution in [-0.2, 0) is 9.59 Å². The Hall–Kier alpha value is -5.08. The molecule has 4 aromatic carbocycles. The average Bonchev–Trinajstić information content (AvgIpc) is 3.41. The molecule has 5 aromatic rings. The summed E-state index contributed by atoms with van der Waals surface area (Å²) < 4.78 is 0. The summed E-state index contributed by atoms with van der Waals surface area (Å²) in [5.41, 5.74) is 5.80. The number of H-pyrrole nitrogens is 1. The number of thioether (sulfide) groups is 1. The zero-order valence-electron chi connectivity index (χ0n) is 23.2. The first-order valence-corrected chi connectivity index (χ1v) is 14.4. The topological polar surface area (TPSA) is 103 Å². The molecule has 0 spiro atoms. The van der Waals surface area contributed by atoms with Gasteiger partial charge in [0.15, 0.2) is 0 Å². The van der Waals surface area contributed by atoms with Crippen LogP contribution in [0.5, 0.6) is 0 Å². The molecule has 8 heteroatoms. The van der Waals surface area contributed by atoms with Crippen LogP contribution in [0.2, 0.25) is 0 Å². The predicted molar refractivity (Wildman–Crippen MR) is 171 cm³/mol. The number of benzene rings is 4. The number of hydrogen-bond donors (Lipinski definition) is 4. The Morgan fingerprint density at radius 3 is 2.36 bits per heavy atom. The van der Waals surface area contributed by atoms with E-state index in [-0.39, 0.29) is 17.4 Å². The molecule has 4 N–H and O–H groups in total. The third-order valence-corrected chi connectivity index (χ3v) is 7.70. The molecule has 0 aliphatic carbocycles. The summed E-state index contributed by atoms with van der Waals surface area (Å²) in [5.74, 6) is -0.774. The second-order valence-corrected chi connectivity index (χ2v) is 10.8. The number of aromatic nitrogens is 1. The van der Waals surface area contributed by atoms with Crippen molar-refractivity contribution < 1.29 is 14.4 Å². The molecule has 0 fully saturated rings. The van der Waals surface area contributed by atoms with Crippen LogP contribution >= 0.6 is 11.8 Å². The van der Waals surface area contributed by atoms with Crippen LogP contribution in [0.3, 0.4) is 0 Å². The van der Waals surface area contributed by atoms with Crippen molar-refractivity contribution in [1.29, 1.82) is 0 Å². The number of amides is 3. The molecule has 0 unspecified atom stereocenters. The summed E-state index contributed by atoms with van der Waals surface area (Å²) in [6, 6.07) is 29.5. The van der Waals surface area contributed by atoms with Crippen molar-refractivity contribution in [3.63, 3.8) is 0 Å². The molecule has 0 aliphatic heterocycles. The quantitative estimate of drug-likeness (QED) is 0.113. The van der Waals surface area contributed by atoms with Gasteiger partial charge in [-0.15, -0.1) is 11.8 Å². The molecule has 1 aromatic heterocycles. The van der Waals surface area contributed by atoms with E-state index in [1.165, 1.54) is 17.3 Å². The lowest BCUT2D eigenvalue weighted by atomic mass is 10.1. The Morgan fingerprint density at radius 1 is 0.786 bits per heavy atom. The van der Waals surface area contributed by atoms with Crippen LogP contribution < -0.4 is 16.0 Å². The fourth-order valence-electron chi connectivity index (χ4n) is 4.34. The molecule has 1 heterocycles. The van der Waals surface area contributed by atoms with Gasteiger partial charge >= 0.3 is 0 Å². The van der Waals surface area contributed by atoms with Crippen LogP contribution in [-0.4, -0.2) is 28.5 Å². The highest BCUT2D eigenvalue weighted by atomic mass is 32.2. The lowest BCUT2D eigenvalue weighted by Crippen LogP contribution is -2.30. The van der Waals surface area contributed by atoms with Crippen molar-refractivity contribution >= 4 is 57.8 Å². The van der Waals surface area contributed by atoms with Gasteiger partial charge in [0.1, 0.15) is 5.70 Å². The zero-order chi connectivity index (χ0) is 29.5. The van der Waals surface area contributed by atoms with Crippen LogP contribution in [0, 0.1) is 13.8 Å². The number of aromatic amines is 1. The average molecular weight is 575 g/mol. The van der Waals surface area contributed by atoms with E-state index in [0.29, 0.717) is 11.3 Å². The van der Waals surface area contributed by atoms with Gasteiger partial charge < -0.3 is 20.9 Å². The van der Waals surface area contributed by atoms with Crippen molar-refractivity contribution in [3.05, 3.63) is 131 Å². The molecule has 0 radical (unpaired) electrons. The van der Waals surface area contributed by atoms with E-state index in [0.717, 1.165) is 32.6 Å². The van der Waals surface area contributed by atoms with Crippen molar-refractivity contribution in [2.24, 2.45) is 0 Å². The Labute approximate surface area is 248 Å². The number of carbonyl (C=O) groups is 3. The minimum atomic E-state index is -0.473. The maximum absolute atomic E-state index is 13.5. The predicted octanol–water partition coefficient (Wildman–Crippen LogP) is 6.93. The van der Waals surface area contributed by atoms with Crippen molar-refractivity contribution in [2.75, 3.05) is 16.4 Å². The van der Waals surface area contributed by atoms with E-state index < -0.39 is 11.8 Å². The van der Waals surface area contributed by atoms with Gasteiger partial charge in [-0.3, -0.25) is 14.4 Å². The van der Waals surface area contributed by atoms with Crippen LogP contribution in [0.1, 0.15) is 27.0 Å². The van der Waals surface area contributed by atoms with Gasteiger partial charge in [-0.2, -0.15) is 0 Å². The van der Waals surface area contributed by atoms with E-state index in [4.69, 9.17) is 0 Å². The second kappa shape index (κ2) is 13.1. The molecular weight excluding hydrogens is 544 g/mol. The summed E-state index contributed by atoms with van der Waals surface area (Å²) in [6.07, 6.45) is 3.46. The molecule has 0 atom stereocenters. The highest BCUT2D eigenvalue weighted by Crippen LogP contribution is 2.24. The molecule has 0 saturated carbocycles. The first-order chi connectivity index (χ1) is 20.4. The normalized spacial score (nSPS) is 11.2. The number of carbonyl (C=O) groups excluding carboxylic acids is 3. The second-order valence-electron chi connectivity index (χ2n) is 9.79. The van der Waals surface area contributed by atoms with Crippen molar-refractivity contribution in [1.82, 2.24) is 10.3 Å². The zero-order valence-corrected chi connectivity index (χ0v) is 24.0. The van der Waals surface area contributed by atoms with E-state index in [9.17, 15) is 14.4 Å². The largest absolute Gasteiger partial charge is 0.361 e. The standard InChI is InChI=1S/C34H30N4O3S/c1-22-15-16-27(17-23(22)2)36-32(39)21-42-28-12-8-11-26(19-28)37-34(41)31(38-33(40)24-9-4-3-5-10-24)18-25-20-35-30-14-7-6-13-29(25)30/h3-20,35H,21H2,1-2H3,(H,36,39)(H,37,41)(H,38,40)/b31-18-. The van der Waals surface area contributed by atoms with Crippen LogP contribution in [0.4, 0.5) is 11.4 Å². The SMILES string of the molecule is Cc1ccc(NC(=O)CSc2cccc(NC(=O)/C(=C/c3c[nH]c4ccccc34)NC(=O)c3ccccc3)c2)cc1C. The molecule has 210 valence electrons. The van der Waals surface area contributed by atoms with Gasteiger partial charge in [-0.25, -0.2) is 0 Å². The van der Waals surface area contributed by atoms with Gasteiger partial charge in [0.05, 0.1) is 5.75 Å². The Balaban J connectivity index is 1.30. The van der Waals surface area contributed by atoms with Crippen LogP contribution in [0.25, 0.3) is 17.0 Å². The van der Waals surface area contributed by atoms with Gasteiger partial charge in [-0.1, -0.05) is 48.5 Å². The number of rotatable bonds is 9. The molecule has 42 heavy (non-hydrogen) atoms. The molecule has 0 aliphatic rings. The Morgan fingerprint density at radius 2 is 1.55 bits per heavy atom. The summed E-state index contributed by atoms with van der Waals surface area (Å²) in [6.45, 7) is 4.04. The number of fused-ring (bicyclic) bond motifs is 1. The molecule has 5 rings (SSSR count). The molecular formula is C34H30N4O3S. The van der Waals surface area contributed by atoms with E-state index in [1.807, 2.05) is 74.5 Å². The highest BCUT2D eigenvalue weighted by molar-refractivity contribution is 8.00. The molecule has 0 saturated heterocycles. The lowest BCUT2D eigenvalue weighted by molar-refractivity contribution is -0.114. The molecule has 7 nitrogen and oxygen atoms in total. The number of para-hydroxylation sites is 1. The van der Waals surface area contributed by atoms with E-state index >= 15 is 0 Å². The molecule has 0 bridgehead atoms. The van der Waals surface area contributed by atoms with E-state index in [1.54, 1.807) is 48.7 Å². The van der Waals surface area contributed by atoms with Crippen molar-refractivity contribution in [3.8, 4) is 0 Å². The van der Waals surface area contributed by atoms with Gasteiger partial charge in [-0.05, 0) is 79.6 Å². The Kier molecular flexibility index (Phi) is 8.84. The summed E-state index contributed by atoms with van der Waals surface area (Å²) in [7, 11) is 0. The van der Waals surface area contributed by atoms with Gasteiger partial charge in [0, 0.05) is 44.5 Å². The minimum Gasteiger partial charge on any atom is -0.361 e. The van der Waals surface area contributed by atoms with Gasteiger partial charge in [0.2, 0.25) is 5.91 Å². The minimum absolute atomic E-state index is 0.0967.